The summed E-state index contributed by atoms with van der Waals surface area (Å²) in [5.41, 5.74) is 0.907. The van der Waals surface area contributed by atoms with Crippen LogP contribution in [0.3, 0.4) is 0 Å². The summed E-state index contributed by atoms with van der Waals surface area (Å²) in [6.45, 7) is 5.63. The van der Waals surface area contributed by atoms with Crippen LogP contribution in [-0.4, -0.2) is 31.3 Å². The highest BCUT2D eigenvalue weighted by molar-refractivity contribution is 6.07. The molecular weight excluding hydrogens is 252 g/mol. The van der Waals surface area contributed by atoms with Crippen LogP contribution in [0.4, 0.5) is 0 Å². The molecule has 0 heterocycles. The Morgan fingerprint density at radius 2 is 1.72 bits per heavy atom. The van der Waals surface area contributed by atoms with Crippen molar-refractivity contribution in [2.75, 3.05) is 19.6 Å². The fourth-order valence-electron chi connectivity index (χ4n) is 1.52. The predicted octanol–water partition coefficient (Wildman–Crippen LogP) is 1.65. The van der Waals surface area contributed by atoms with Gasteiger partial charge < -0.3 is 10.6 Å². The third-order valence-corrected chi connectivity index (χ3v) is 2.39. The van der Waals surface area contributed by atoms with E-state index in [2.05, 4.69) is 10.6 Å². The highest BCUT2D eigenvalue weighted by atomic mass is 35.5. The van der Waals surface area contributed by atoms with Crippen LogP contribution in [0.2, 0.25) is 0 Å². The summed E-state index contributed by atoms with van der Waals surface area (Å²) in [4.78, 5) is 23.2. The maximum absolute atomic E-state index is 11.8. The zero-order valence-corrected chi connectivity index (χ0v) is 11.5. The van der Waals surface area contributed by atoms with Crippen molar-refractivity contribution in [3.8, 4) is 0 Å². The Morgan fingerprint density at radius 3 is 2.28 bits per heavy atom. The Bertz CT molecular complexity index is 408. The molecule has 0 radical (unpaired) electrons. The van der Waals surface area contributed by atoms with E-state index in [9.17, 15) is 9.59 Å². The molecule has 0 aliphatic carbocycles. The van der Waals surface area contributed by atoms with Crippen LogP contribution >= 0.6 is 12.4 Å². The number of hydrogen-bond acceptors (Lipinski definition) is 3. The van der Waals surface area contributed by atoms with E-state index in [0.717, 1.165) is 13.1 Å². The second-order valence-corrected chi connectivity index (χ2v) is 3.71. The van der Waals surface area contributed by atoms with Crippen molar-refractivity contribution in [1.29, 1.82) is 0 Å². The lowest BCUT2D eigenvalue weighted by molar-refractivity contribution is 0.0939. The Balaban J connectivity index is 0.00000289. The zero-order valence-electron chi connectivity index (χ0n) is 10.7. The largest absolute Gasteiger partial charge is 0.351 e. The second-order valence-electron chi connectivity index (χ2n) is 3.71. The van der Waals surface area contributed by atoms with E-state index in [1.807, 2.05) is 6.92 Å². The van der Waals surface area contributed by atoms with Gasteiger partial charge in [-0.3, -0.25) is 9.59 Å². The number of rotatable bonds is 6. The molecule has 0 aromatic heterocycles. The molecule has 0 aliphatic heterocycles. The normalized spacial score (nSPS) is 9.44. The van der Waals surface area contributed by atoms with E-state index in [-0.39, 0.29) is 24.1 Å². The van der Waals surface area contributed by atoms with Crippen molar-refractivity contribution in [2.24, 2.45) is 0 Å². The molecule has 4 nitrogen and oxygen atoms in total. The van der Waals surface area contributed by atoms with Crippen molar-refractivity contribution in [3.63, 3.8) is 0 Å². The summed E-state index contributed by atoms with van der Waals surface area (Å²) in [6.07, 6.45) is 0. The van der Waals surface area contributed by atoms with Gasteiger partial charge in [0.05, 0.1) is 5.56 Å². The Labute approximate surface area is 114 Å². The molecule has 0 saturated carbocycles. The van der Waals surface area contributed by atoms with Gasteiger partial charge in [-0.1, -0.05) is 25.1 Å². The van der Waals surface area contributed by atoms with E-state index in [1.165, 1.54) is 6.92 Å². The highest BCUT2D eigenvalue weighted by Gasteiger charge is 2.12. The summed E-state index contributed by atoms with van der Waals surface area (Å²) >= 11 is 0. The molecule has 1 aromatic rings. The Hall–Kier alpha value is -1.39. The van der Waals surface area contributed by atoms with Gasteiger partial charge in [-0.15, -0.1) is 12.4 Å². The van der Waals surface area contributed by atoms with Crippen LogP contribution < -0.4 is 10.6 Å². The molecule has 100 valence electrons. The van der Waals surface area contributed by atoms with Gasteiger partial charge >= 0.3 is 0 Å². The molecule has 0 fully saturated rings. The lowest BCUT2D eigenvalue weighted by Crippen LogP contribution is -2.32. The molecule has 2 N–H and O–H groups in total. The molecule has 0 unspecified atom stereocenters. The van der Waals surface area contributed by atoms with Gasteiger partial charge in [0.2, 0.25) is 0 Å². The summed E-state index contributed by atoms with van der Waals surface area (Å²) in [5.74, 6) is -0.295. The predicted molar refractivity (Wildman–Crippen MR) is 74.6 cm³/mol. The molecule has 0 bridgehead atoms. The van der Waals surface area contributed by atoms with Crippen LogP contribution in [0, 0.1) is 0 Å². The summed E-state index contributed by atoms with van der Waals surface area (Å²) in [7, 11) is 0. The zero-order chi connectivity index (χ0) is 12.7. The van der Waals surface area contributed by atoms with Gasteiger partial charge in [-0.05, 0) is 19.5 Å². The third kappa shape index (κ3) is 4.85. The van der Waals surface area contributed by atoms with Crippen molar-refractivity contribution in [3.05, 3.63) is 35.4 Å². The van der Waals surface area contributed by atoms with Gasteiger partial charge in [0.1, 0.15) is 0 Å². The molecule has 0 aliphatic rings. The van der Waals surface area contributed by atoms with E-state index in [4.69, 9.17) is 0 Å². The number of carbonyl (C=O) groups excluding carboxylic acids is 2. The van der Waals surface area contributed by atoms with Gasteiger partial charge in [-0.2, -0.15) is 0 Å². The maximum Gasteiger partial charge on any atom is 0.252 e. The Kier molecular flexibility index (Phi) is 8.00. The minimum absolute atomic E-state index is 0. The molecule has 0 spiro atoms. The molecule has 1 rings (SSSR count). The smallest absolute Gasteiger partial charge is 0.252 e. The van der Waals surface area contributed by atoms with Gasteiger partial charge in [-0.25, -0.2) is 0 Å². The standard InChI is InChI=1S/C13H18N2O2.ClH/c1-3-14-8-9-15-13(17)12-7-5-4-6-11(12)10(2)16;/h4-7,14H,3,8-9H2,1-2H3,(H,15,17);1H. The van der Waals surface area contributed by atoms with Crippen LogP contribution in [0.25, 0.3) is 0 Å². The molecular formula is C13H19ClN2O2. The number of Topliss-reactive ketones (excluding diaryl/α,β-unsaturated/α-hetero) is 1. The Morgan fingerprint density at radius 1 is 1.11 bits per heavy atom. The number of likely N-dealkylation sites (N-methyl/N-ethyl adjacent to an activating group) is 1. The summed E-state index contributed by atoms with van der Waals surface area (Å²) in [6, 6.07) is 6.85. The molecule has 18 heavy (non-hydrogen) atoms. The minimum atomic E-state index is -0.200. The van der Waals surface area contributed by atoms with Crippen molar-refractivity contribution in [2.45, 2.75) is 13.8 Å². The van der Waals surface area contributed by atoms with Crippen molar-refractivity contribution in [1.82, 2.24) is 10.6 Å². The highest BCUT2D eigenvalue weighted by Crippen LogP contribution is 2.09. The number of benzene rings is 1. The minimum Gasteiger partial charge on any atom is -0.351 e. The first-order valence-electron chi connectivity index (χ1n) is 5.75. The van der Waals surface area contributed by atoms with E-state index < -0.39 is 0 Å². The molecule has 1 aromatic carbocycles. The van der Waals surface area contributed by atoms with Crippen LogP contribution in [0.15, 0.2) is 24.3 Å². The monoisotopic (exact) mass is 270 g/mol. The third-order valence-electron chi connectivity index (χ3n) is 2.39. The number of carbonyl (C=O) groups is 2. The number of halogens is 1. The topological polar surface area (TPSA) is 58.2 Å². The van der Waals surface area contributed by atoms with Crippen LogP contribution in [-0.2, 0) is 0 Å². The maximum atomic E-state index is 11.8. The van der Waals surface area contributed by atoms with Crippen LogP contribution in [0.5, 0.6) is 0 Å². The lowest BCUT2D eigenvalue weighted by atomic mass is 10.0. The fraction of sp³-hybridized carbons (Fsp3) is 0.385. The van der Waals surface area contributed by atoms with Gasteiger partial charge in [0, 0.05) is 18.7 Å². The van der Waals surface area contributed by atoms with Crippen LogP contribution in [0.1, 0.15) is 34.6 Å². The summed E-state index contributed by atoms with van der Waals surface area (Å²) < 4.78 is 0. The van der Waals surface area contributed by atoms with E-state index in [1.54, 1.807) is 24.3 Å². The first-order valence-corrected chi connectivity index (χ1v) is 5.75. The quantitative estimate of drug-likeness (QED) is 0.610. The molecule has 1 amide bonds. The first-order chi connectivity index (χ1) is 8.16. The SMILES string of the molecule is CCNCCNC(=O)c1ccccc1C(C)=O.Cl. The number of ketones is 1. The summed E-state index contributed by atoms with van der Waals surface area (Å²) in [5, 5.41) is 5.89. The second kappa shape index (κ2) is 8.66. The van der Waals surface area contributed by atoms with E-state index >= 15 is 0 Å². The molecule has 0 atom stereocenters. The number of amides is 1. The van der Waals surface area contributed by atoms with Crippen molar-refractivity contribution >= 4 is 24.1 Å². The van der Waals surface area contributed by atoms with Crippen molar-refractivity contribution < 1.29 is 9.59 Å². The average molecular weight is 271 g/mol. The molecule has 5 heteroatoms. The fourth-order valence-corrected chi connectivity index (χ4v) is 1.52. The van der Waals surface area contributed by atoms with Gasteiger partial charge in [0.15, 0.2) is 5.78 Å². The van der Waals surface area contributed by atoms with Gasteiger partial charge in [0.25, 0.3) is 5.91 Å². The molecule has 0 saturated heterocycles. The lowest BCUT2D eigenvalue weighted by Gasteiger charge is -2.08. The number of nitrogens with one attached hydrogen (secondary N) is 2. The average Bonchev–Trinajstić information content (AvgIpc) is 2.34. The van der Waals surface area contributed by atoms with E-state index in [0.29, 0.717) is 17.7 Å². The number of hydrogen-bond donors (Lipinski definition) is 2. The first kappa shape index (κ1) is 16.6.